The molecular formula is C20H26N2O. The van der Waals surface area contributed by atoms with Crippen LogP contribution in [0.2, 0.25) is 0 Å². The predicted octanol–water partition coefficient (Wildman–Crippen LogP) is 3.46. The molecule has 0 aliphatic heterocycles. The molecule has 0 saturated heterocycles. The third-order valence-electron chi connectivity index (χ3n) is 3.57. The van der Waals surface area contributed by atoms with E-state index in [4.69, 9.17) is 0 Å². The van der Waals surface area contributed by atoms with Crippen molar-refractivity contribution in [1.82, 2.24) is 10.2 Å². The van der Waals surface area contributed by atoms with Crippen molar-refractivity contribution in [3.63, 3.8) is 0 Å². The van der Waals surface area contributed by atoms with Crippen molar-refractivity contribution in [2.45, 2.75) is 26.9 Å². The Bertz CT molecular complexity index is 540. The fourth-order valence-electron chi connectivity index (χ4n) is 2.43. The molecule has 23 heavy (non-hydrogen) atoms. The smallest absolute Gasteiger partial charge is 0.234 e. The van der Waals surface area contributed by atoms with E-state index in [9.17, 15) is 4.79 Å². The van der Waals surface area contributed by atoms with Gasteiger partial charge in [-0.3, -0.25) is 9.69 Å². The van der Waals surface area contributed by atoms with Crippen molar-refractivity contribution in [3.8, 4) is 0 Å². The highest BCUT2D eigenvalue weighted by molar-refractivity contribution is 5.78. The molecule has 1 amide bonds. The quantitative estimate of drug-likeness (QED) is 0.810. The minimum Gasteiger partial charge on any atom is -0.355 e. The van der Waals surface area contributed by atoms with Gasteiger partial charge in [-0.1, -0.05) is 74.5 Å². The zero-order chi connectivity index (χ0) is 16.5. The molecule has 0 atom stereocenters. The highest BCUT2D eigenvalue weighted by atomic mass is 16.2. The molecule has 2 rings (SSSR count). The van der Waals surface area contributed by atoms with E-state index in [1.54, 1.807) is 0 Å². The van der Waals surface area contributed by atoms with Crippen molar-refractivity contribution in [2.24, 2.45) is 5.92 Å². The van der Waals surface area contributed by atoms with Crippen LogP contribution < -0.4 is 5.32 Å². The maximum absolute atomic E-state index is 12.2. The van der Waals surface area contributed by atoms with Crippen LogP contribution in [-0.2, 0) is 17.9 Å². The van der Waals surface area contributed by atoms with Crippen LogP contribution in [0.3, 0.4) is 0 Å². The van der Waals surface area contributed by atoms with Crippen LogP contribution in [0, 0.1) is 5.92 Å². The van der Waals surface area contributed by atoms with Gasteiger partial charge in [0.1, 0.15) is 0 Å². The maximum Gasteiger partial charge on any atom is 0.234 e. The highest BCUT2D eigenvalue weighted by Crippen LogP contribution is 2.09. The summed E-state index contributed by atoms with van der Waals surface area (Å²) in [6.07, 6.45) is 0. The predicted molar refractivity (Wildman–Crippen MR) is 94.8 cm³/mol. The standard InChI is InChI=1S/C20H26N2O/c1-17(2)13-21-20(23)16-22(14-18-9-5-3-6-10-18)15-19-11-7-4-8-12-19/h3-12,17H,13-16H2,1-2H3,(H,21,23). The molecule has 0 bridgehead atoms. The van der Waals surface area contributed by atoms with Gasteiger partial charge in [-0.05, 0) is 17.0 Å². The lowest BCUT2D eigenvalue weighted by molar-refractivity contribution is -0.122. The molecule has 0 aliphatic carbocycles. The van der Waals surface area contributed by atoms with Crippen LogP contribution in [0.15, 0.2) is 60.7 Å². The van der Waals surface area contributed by atoms with E-state index in [0.29, 0.717) is 12.5 Å². The van der Waals surface area contributed by atoms with Crippen molar-refractivity contribution < 1.29 is 4.79 Å². The number of carbonyl (C=O) groups is 1. The molecule has 0 unspecified atom stereocenters. The fourth-order valence-corrected chi connectivity index (χ4v) is 2.43. The minimum absolute atomic E-state index is 0.0885. The Morgan fingerprint density at radius 2 is 1.39 bits per heavy atom. The molecular weight excluding hydrogens is 284 g/mol. The molecule has 2 aromatic carbocycles. The van der Waals surface area contributed by atoms with Crippen LogP contribution in [0.1, 0.15) is 25.0 Å². The monoisotopic (exact) mass is 310 g/mol. The summed E-state index contributed by atoms with van der Waals surface area (Å²) in [7, 11) is 0. The summed E-state index contributed by atoms with van der Waals surface area (Å²) < 4.78 is 0. The first-order valence-corrected chi connectivity index (χ1v) is 8.20. The molecule has 1 N–H and O–H groups in total. The van der Waals surface area contributed by atoms with E-state index >= 15 is 0 Å². The number of hydrogen-bond acceptors (Lipinski definition) is 2. The Morgan fingerprint density at radius 1 is 0.913 bits per heavy atom. The summed E-state index contributed by atoms with van der Waals surface area (Å²) in [5.74, 6) is 0.557. The van der Waals surface area contributed by atoms with Crippen LogP contribution in [0.4, 0.5) is 0 Å². The Balaban J connectivity index is 2.00. The first-order valence-electron chi connectivity index (χ1n) is 8.20. The Kier molecular flexibility index (Phi) is 6.82. The van der Waals surface area contributed by atoms with E-state index in [1.807, 2.05) is 36.4 Å². The van der Waals surface area contributed by atoms with Gasteiger partial charge in [0.2, 0.25) is 5.91 Å². The van der Waals surface area contributed by atoms with Gasteiger partial charge in [0, 0.05) is 19.6 Å². The summed E-state index contributed by atoms with van der Waals surface area (Å²) >= 11 is 0. The second-order valence-electron chi connectivity index (χ2n) is 6.31. The molecule has 0 spiro atoms. The minimum atomic E-state index is 0.0885. The number of nitrogens with one attached hydrogen (secondary N) is 1. The number of hydrogen-bond donors (Lipinski definition) is 1. The lowest BCUT2D eigenvalue weighted by Crippen LogP contribution is -2.38. The largest absolute Gasteiger partial charge is 0.355 e. The van der Waals surface area contributed by atoms with E-state index < -0.39 is 0 Å². The molecule has 0 saturated carbocycles. The van der Waals surface area contributed by atoms with Crippen LogP contribution in [0.25, 0.3) is 0 Å². The van der Waals surface area contributed by atoms with Crippen molar-refractivity contribution in [1.29, 1.82) is 0 Å². The van der Waals surface area contributed by atoms with Gasteiger partial charge in [0.05, 0.1) is 6.54 Å². The van der Waals surface area contributed by atoms with E-state index in [-0.39, 0.29) is 5.91 Å². The lowest BCUT2D eigenvalue weighted by atomic mass is 10.1. The Hall–Kier alpha value is -2.13. The topological polar surface area (TPSA) is 32.3 Å². The normalized spacial score (nSPS) is 11.0. The first-order chi connectivity index (χ1) is 11.1. The number of rotatable bonds is 8. The SMILES string of the molecule is CC(C)CNC(=O)CN(Cc1ccccc1)Cc1ccccc1. The van der Waals surface area contributed by atoms with Gasteiger partial charge in [-0.15, -0.1) is 0 Å². The zero-order valence-electron chi connectivity index (χ0n) is 14.0. The molecule has 3 heteroatoms. The Morgan fingerprint density at radius 3 is 1.83 bits per heavy atom. The van der Waals surface area contributed by atoms with E-state index in [2.05, 4.69) is 48.3 Å². The number of carbonyl (C=O) groups excluding carboxylic acids is 1. The number of benzene rings is 2. The number of amides is 1. The summed E-state index contributed by atoms with van der Waals surface area (Å²) in [5, 5.41) is 3.00. The highest BCUT2D eigenvalue weighted by Gasteiger charge is 2.12. The van der Waals surface area contributed by atoms with Gasteiger partial charge in [0.15, 0.2) is 0 Å². The number of nitrogens with zero attached hydrogens (tertiary/aromatic N) is 1. The molecule has 0 aliphatic rings. The summed E-state index contributed by atoms with van der Waals surface area (Å²) in [6, 6.07) is 20.6. The van der Waals surface area contributed by atoms with E-state index in [1.165, 1.54) is 11.1 Å². The Labute approximate surface area is 139 Å². The van der Waals surface area contributed by atoms with Gasteiger partial charge in [-0.2, -0.15) is 0 Å². The van der Waals surface area contributed by atoms with Crippen LogP contribution >= 0.6 is 0 Å². The molecule has 2 aromatic rings. The third kappa shape index (κ3) is 6.66. The second-order valence-corrected chi connectivity index (χ2v) is 6.31. The molecule has 0 radical (unpaired) electrons. The molecule has 122 valence electrons. The van der Waals surface area contributed by atoms with Gasteiger partial charge in [-0.25, -0.2) is 0 Å². The average Bonchev–Trinajstić information content (AvgIpc) is 2.55. The van der Waals surface area contributed by atoms with Gasteiger partial charge >= 0.3 is 0 Å². The van der Waals surface area contributed by atoms with Crippen molar-refractivity contribution in [2.75, 3.05) is 13.1 Å². The molecule has 0 heterocycles. The summed E-state index contributed by atoms with van der Waals surface area (Å²) in [5.41, 5.74) is 2.44. The summed E-state index contributed by atoms with van der Waals surface area (Å²) in [6.45, 7) is 6.88. The van der Waals surface area contributed by atoms with Gasteiger partial charge in [0.25, 0.3) is 0 Å². The lowest BCUT2D eigenvalue weighted by Gasteiger charge is -2.22. The molecule has 0 fully saturated rings. The van der Waals surface area contributed by atoms with Crippen LogP contribution in [0.5, 0.6) is 0 Å². The fraction of sp³-hybridized carbons (Fsp3) is 0.350. The molecule has 3 nitrogen and oxygen atoms in total. The van der Waals surface area contributed by atoms with Crippen molar-refractivity contribution >= 4 is 5.91 Å². The van der Waals surface area contributed by atoms with Crippen LogP contribution in [-0.4, -0.2) is 23.9 Å². The maximum atomic E-state index is 12.2. The zero-order valence-corrected chi connectivity index (χ0v) is 14.0. The van der Waals surface area contributed by atoms with E-state index in [0.717, 1.165) is 19.6 Å². The average molecular weight is 310 g/mol. The first kappa shape index (κ1) is 17.2. The van der Waals surface area contributed by atoms with Crippen molar-refractivity contribution in [3.05, 3.63) is 71.8 Å². The molecule has 0 aromatic heterocycles. The van der Waals surface area contributed by atoms with Gasteiger partial charge < -0.3 is 5.32 Å². The second kappa shape index (κ2) is 9.11. The summed E-state index contributed by atoms with van der Waals surface area (Å²) in [4.78, 5) is 14.4. The third-order valence-corrected chi connectivity index (χ3v) is 3.57.